The highest BCUT2D eigenvalue weighted by atomic mass is 16.4. The minimum Gasteiger partial charge on any atom is -0.481 e. The van der Waals surface area contributed by atoms with E-state index in [1.54, 1.807) is 0 Å². The maximum Gasteiger partial charge on any atom is 0.318 e. The van der Waals surface area contributed by atoms with Crippen LogP contribution in [-0.2, 0) is 14.4 Å². The molecule has 8 nitrogen and oxygen atoms in total. The van der Waals surface area contributed by atoms with Gasteiger partial charge in [0.15, 0.2) is 0 Å². The Morgan fingerprint density at radius 3 is 2.58 bits per heavy atom. The lowest BCUT2D eigenvalue weighted by Gasteiger charge is -2.40. The number of amides is 4. The molecule has 0 aliphatic carbocycles. The molecule has 4 amide bonds. The summed E-state index contributed by atoms with van der Waals surface area (Å²) in [4.78, 5) is 46.5. The molecule has 1 unspecified atom stereocenters. The van der Waals surface area contributed by atoms with Crippen LogP contribution in [-0.4, -0.2) is 51.9 Å². The fraction of sp³-hybridized carbons (Fsp3) is 0.636. The molecule has 19 heavy (non-hydrogen) atoms. The Hall–Kier alpha value is -2.12. The molecule has 0 radical (unpaired) electrons. The summed E-state index contributed by atoms with van der Waals surface area (Å²) in [7, 11) is 0. The molecule has 106 valence electrons. The molecule has 1 fully saturated rings. The number of carboxylic acids is 1. The lowest BCUT2D eigenvalue weighted by atomic mass is 9.99. The first-order valence-corrected chi connectivity index (χ1v) is 5.78. The molecular weight excluding hydrogens is 254 g/mol. The monoisotopic (exact) mass is 271 g/mol. The summed E-state index contributed by atoms with van der Waals surface area (Å²) in [6.45, 7) is 4.31. The van der Waals surface area contributed by atoms with Gasteiger partial charge in [0.1, 0.15) is 12.1 Å². The molecule has 1 atom stereocenters. The smallest absolute Gasteiger partial charge is 0.318 e. The predicted molar refractivity (Wildman–Crippen MR) is 64.2 cm³/mol. The number of hydrogen-bond donors (Lipinski definition) is 3. The number of nitrogens with one attached hydrogen (secondary N) is 2. The normalized spacial score (nSPS) is 19.6. The van der Waals surface area contributed by atoms with E-state index in [1.165, 1.54) is 20.8 Å². The van der Waals surface area contributed by atoms with Crippen molar-refractivity contribution in [2.75, 3.05) is 6.54 Å². The summed E-state index contributed by atoms with van der Waals surface area (Å²) >= 11 is 0. The lowest BCUT2D eigenvalue weighted by molar-refractivity contribution is -0.143. The van der Waals surface area contributed by atoms with E-state index < -0.39 is 35.4 Å². The number of imide groups is 1. The van der Waals surface area contributed by atoms with Gasteiger partial charge in [-0.05, 0) is 20.8 Å². The number of carbonyl (C=O) groups excluding carboxylic acids is 3. The van der Waals surface area contributed by atoms with Crippen molar-refractivity contribution < 1.29 is 24.3 Å². The molecule has 3 N–H and O–H groups in total. The summed E-state index contributed by atoms with van der Waals surface area (Å²) in [5.41, 5.74) is -1.17. The van der Waals surface area contributed by atoms with E-state index in [2.05, 4.69) is 10.6 Å². The number of piperazine rings is 1. The number of carbonyl (C=O) groups is 4. The molecule has 1 aliphatic rings. The minimum absolute atomic E-state index is 0.236. The van der Waals surface area contributed by atoms with Crippen molar-refractivity contribution >= 4 is 23.8 Å². The molecule has 8 heteroatoms. The van der Waals surface area contributed by atoms with E-state index in [4.69, 9.17) is 5.11 Å². The summed E-state index contributed by atoms with van der Waals surface area (Å²) < 4.78 is 0. The molecule has 1 saturated heterocycles. The van der Waals surface area contributed by atoms with E-state index in [0.717, 1.165) is 4.90 Å². The number of nitrogens with zero attached hydrogens (tertiary/aromatic N) is 1. The number of aliphatic carboxylic acids is 1. The zero-order valence-corrected chi connectivity index (χ0v) is 11.0. The van der Waals surface area contributed by atoms with Gasteiger partial charge in [-0.25, -0.2) is 4.79 Å². The average molecular weight is 271 g/mol. The third kappa shape index (κ3) is 3.43. The SMILES string of the molecule is CC(CC(=O)O)NC(=O)N1CC(=O)NC(=O)C1(C)C. The van der Waals surface area contributed by atoms with Crippen molar-refractivity contribution in [3.63, 3.8) is 0 Å². The van der Waals surface area contributed by atoms with E-state index in [9.17, 15) is 19.2 Å². The molecule has 1 heterocycles. The van der Waals surface area contributed by atoms with Crippen LogP contribution in [0.25, 0.3) is 0 Å². The molecule has 0 saturated carbocycles. The summed E-state index contributed by atoms with van der Waals surface area (Å²) in [5.74, 6) is -2.17. The lowest BCUT2D eigenvalue weighted by Crippen LogP contribution is -2.67. The third-order valence-electron chi connectivity index (χ3n) is 2.88. The molecule has 0 spiro atoms. The van der Waals surface area contributed by atoms with Crippen LogP contribution < -0.4 is 10.6 Å². The molecule has 0 aromatic heterocycles. The number of carboxylic acid groups (broad SMARTS) is 1. The number of hydrogen-bond acceptors (Lipinski definition) is 4. The Kier molecular flexibility index (Phi) is 4.13. The van der Waals surface area contributed by atoms with Crippen molar-refractivity contribution in [1.29, 1.82) is 0 Å². The van der Waals surface area contributed by atoms with Crippen LogP contribution in [0.2, 0.25) is 0 Å². The molecule has 0 bridgehead atoms. The highest BCUT2D eigenvalue weighted by molar-refractivity contribution is 6.06. The maximum absolute atomic E-state index is 12.0. The van der Waals surface area contributed by atoms with Gasteiger partial charge in [-0.2, -0.15) is 0 Å². The van der Waals surface area contributed by atoms with E-state index >= 15 is 0 Å². The molecule has 0 aromatic carbocycles. The Morgan fingerprint density at radius 1 is 1.47 bits per heavy atom. The second-order valence-corrected chi connectivity index (χ2v) is 4.97. The maximum atomic E-state index is 12.0. The fourth-order valence-corrected chi connectivity index (χ4v) is 1.71. The highest BCUT2D eigenvalue weighted by Crippen LogP contribution is 2.18. The largest absolute Gasteiger partial charge is 0.481 e. The Bertz CT molecular complexity index is 432. The molecule has 1 aliphatic heterocycles. The summed E-state index contributed by atoms with van der Waals surface area (Å²) in [6, 6.07) is -1.23. The van der Waals surface area contributed by atoms with Crippen LogP contribution in [0.3, 0.4) is 0 Å². The Labute approximate surface area is 110 Å². The van der Waals surface area contributed by atoms with Crippen molar-refractivity contribution in [2.45, 2.75) is 38.8 Å². The summed E-state index contributed by atoms with van der Waals surface area (Å²) in [5, 5.41) is 13.2. The van der Waals surface area contributed by atoms with E-state index in [-0.39, 0.29) is 13.0 Å². The Balaban J connectivity index is 2.76. The number of urea groups is 1. The van der Waals surface area contributed by atoms with Crippen molar-refractivity contribution in [2.24, 2.45) is 0 Å². The topological polar surface area (TPSA) is 116 Å². The first kappa shape index (κ1) is 14.9. The average Bonchev–Trinajstić information content (AvgIpc) is 2.22. The van der Waals surface area contributed by atoms with Crippen LogP contribution in [0.1, 0.15) is 27.2 Å². The van der Waals surface area contributed by atoms with Crippen molar-refractivity contribution in [3.05, 3.63) is 0 Å². The van der Waals surface area contributed by atoms with Gasteiger partial charge < -0.3 is 15.3 Å². The van der Waals surface area contributed by atoms with Crippen molar-refractivity contribution in [3.8, 4) is 0 Å². The van der Waals surface area contributed by atoms with E-state index in [0.29, 0.717) is 0 Å². The van der Waals surface area contributed by atoms with Gasteiger partial charge in [0.2, 0.25) is 5.91 Å². The predicted octanol–water partition coefficient (Wildman–Crippen LogP) is -0.704. The van der Waals surface area contributed by atoms with Gasteiger partial charge in [-0.3, -0.25) is 19.7 Å². The fourth-order valence-electron chi connectivity index (χ4n) is 1.71. The zero-order valence-electron chi connectivity index (χ0n) is 11.0. The molecule has 0 aromatic rings. The molecule has 1 rings (SSSR count). The van der Waals surface area contributed by atoms with Gasteiger partial charge in [0, 0.05) is 6.04 Å². The third-order valence-corrected chi connectivity index (χ3v) is 2.88. The van der Waals surface area contributed by atoms with Crippen molar-refractivity contribution in [1.82, 2.24) is 15.5 Å². The van der Waals surface area contributed by atoms with Gasteiger partial charge in [0.25, 0.3) is 5.91 Å². The van der Waals surface area contributed by atoms with Gasteiger partial charge in [0.05, 0.1) is 6.42 Å². The second-order valence-electron chi connectivity index (χ2n) is 4.97. The van der Waals surface area contributed by atoms with Crippen LogP contribution in [0.15, 0.2) is 0 Å². The first-order valence-electron chi connectivity index (χ1n) is 5.78. The zero-order chi connectivity index (χ0) is 14.8. The standard InChI is InChI=1S/C11H17N3O5/c1-6(4-8(16)17)12-10(19)14-5-7(15)13-9(18)11(14,2)3/h6H,4-5H2,1-3H3,(H,12,19)(H,16,17)(H,13,15,18). The van der Waals surface area contributed by atoms with Crippen LogP contribution in [0.5, 0.6) is 0 Å². The number of rotatable bonds is 3. The van der Waals surface area contributed by atoms with Crippen LogP contribution >= 0.6 is 0 Å². The van der Waals surface area contributed by atoms with Gasteiger partial charge in [-0.15, -0.1) is 0 Å². The van der Waals surface area contributed by atoms with Crippen LogP contribution in [0, 0.1) is 0 Å². The van der Waals surface area contributed by atoms with Gasteiger partial charge in [-0.1, -0.05) is 0 Å². The van der Waals surface area contributed by atoms with Gasteiger partial charge >= 0.3 is 12.0 Å². The quantitative estimate of drug-likeness (QED) is 0.587. The first-order chi connectivity index (χ1) is 8.64. The van der Waals surface area contributed by atoms with Crippen LogP contribution in [0.4, 0.5) is 4.79 Å². The molecular formula is C11H17N3O5. The van der Waals surface area contributed by atoms with E-state index in [1.807, 2.05) is 0 Å². The second kappa shape index (κ2) is 5.25. The summed E-state index contributed by atoms with van der Waals surface area (Å²) in [6.07, 6.45) is -0.236. The highest BCUT2D eigenvalue weighted by Gasteiger charge is 2.43. The Morgan fingerprint density at radius 2 is 2.05 bits per heavy atom. The minimum atomic E-state index is -1.17.